The highest BCUT2D eigenvalue weighted by atomic mass is 16.2. The number of hydrogen-bond donors (Lipinski definition) is 2. The van der Waals surface area contributed by atoms with E-state index in [-0.39, 0.29) is 0 Å². The first-order valence-corrected chi connectivity index (χ1v) is 10.8. The predicted molar refractivity (Wildman–Crippen MR) is 102 cm³/mol. The molecule has 7 atom stereocenters. The molecule has 0 aliphatic heterocycles. The summed E-state index contributed by atoms with van der Waals surface area (Å²) >= 11 is 0. The Kier molecular flexibility index (Phi) is 5.67. The Labute approximate surface area is 150 Å². The molecule has 3 saturated carbocycles. The van der Waals surface area contributed by atoms with E-state index < -0.39 is 0 Å². The van der Waals surface area contributed by atoms with Gasteiger partial charge in [-0.2, -0.15) is 0 Å². The van der Waals surface area contributed by atoms with Crippen molar-refractivity contribution in [2.75, 3.05) is 13.2 Å². The lowest BCUT2D eigenvalue weighted by Gasteiger charge is -2.54. The van der Waals surface area contributed by atoms with Crippen LogP contribution < -0.4 is 5.73 Å². The van der Waals surface area contributed by atoms with E-state index in [1.54, 1.807) is 0 Å². The van der Waals surface area contributed by atoms with Crippen LogP contribution in [-0.4, -0.2) is 18.3 Å². The zero-order valence-corrected chi connectivity index (χ0v) is 16.4. The Hall–Kier alpha value is -0.0800. The molecular formula is C22H41NO. The lowest BCUT2D eigenvalue weighted by atomic mass is 9.52. The van der Waals surface area contributed by atoms with Crippen molar-refractivity contribution in [3.8, 4) is 0 Å². The summed E-state index contributed by atoms with van der Waals surface area (Å²) in [6.45, 7) is 8.61. The number of aliphatic hydroxyl groups excluding tert-OH is 1. The van der Waals surface area contributed by atoms with Crippen LogP contribution in [0.15, 0.2) is 0 Å². The van der Waals surface area contributed by atoms with E-state index in [2.05, 4.69) is 20.8 Å². The Balaban J connectivity index is 1.75. The molecule has 2 nitrogen and oxygen atoms in total. The van der Waals surface area contributed by atoms with Crippen LogP contribution in [0.25, 0.3) is 0 Å². The van der Waals surface area contributed by atoms with Crippen molar-refractivity contribution in [3.05, 3.63) is 0 Å². The largest absolute Gasteiger partial charge is 0.396 e. The molecular weight excluding hydrogens is 294 g/mol. The molecule has 3 fully saturated rings. The fourth-order valence-electron chi connectivity index (χ4n) is 6.93. The summed E-state index contributed by atoms with van der Waals surface area (Å²) in [4.78, 5) is 0. The summed E-state index contributed by atoms with van der Waals surface area (Å²) in [5.74, 6) is 4.53. The maximum absolute atomic E-state index is 9.36. The molecule has 2 heteroatoms. The van der Waals surface area contributed by atoms with Crippen LogP contribution in [0.1, 0.15) is 85.0 Å². The summed E-state index contributed by atoms with van der Waals surface area (Å²) in [5, 5.41) is 9.36. The third kappa shape index (κ3) is 3.43. The zero-order valence-electron chi connectivity index (χ0n) is 16.4. The van der Waals surface area contributed by atoms with Gasteiger partial charge in [-0.15, -0.1) is 0 Å². The summed E-state index contributed by atoms with van der Waals surface area (Å²) in [6.07, 6.45) is 13.5. The lowest BCUT2D eigenvalue weighted by molar-refractivity contribution is -0.0336. The molecule has 24 heavy (non-hydrogen) atoms. The van der Waals surface area contributed by atoms with Gasteiger partial charge < -0.3 is 10.8 Å². The highest BCUT2D eigenvalue weighted by molar-refractivity contribution is 5.02. The molecule has 3 aliphatic rings. The second-order valence-electron chi connectivity index (χ2n) is 10.2. The Morgan fingerprint density at radius 3 is 2.42 bits per heavy atom. The predicted octanol–water partition coefficient (Wildman–Crippen LogP) is 4.99. The summed E-state index contributed by atoms with van der Waals surface area (Å²) in [5.41, 5.74) is 7.14. The normalized spacial score (nSPS) is 48.6. The van der Waals surface area contributed by atoms with Gasteiger partial charge in [0.25, 0.3) is 0 Å². The summed E-state index contributed by atoms with van der Waals surface area (Å²) < 4.78 is 0. The van der Waals surface area contributed by atoms with Gasteiger partial charge in [0.2, 0.25) is 0 Å². The topological polar surface area (TPSA) is 46.2 Å². The van der Waals surface area contributed by atoms with Gasteiger partial charge in [0.1, 0.15) is 0 Å². The minimum absolute atomic E-state index is 0.371. The molecule has 0 heterocycles. The van der Waals surface area contributed by atoms with Crippen LogP contribution in [0.4, 0.5) is 0 Å². The quantitative estimate of drug-likeness (QED) is 0.743. The van der Waals surface area contributed by atoms with Crippen molar-refractivity contribution in [1.29, 1.82) is 0 Å². The standard InChI is InChI=1S/C22H41NO/c1-4-21(2)12-17-9-10-20-18(13-22(20,3)15-23)8-7-16(6-5-11-24)19(17)14-21/h16-20,24H,4-15,23H2,1-3H3/t16-,17?,18?,19?,20?,21+,22-/m0/s1. The van der Waals surface area contributed by atoms with E-state index in [9.17, 15) is 5.11 Å². The minimum atomic E-state index is 0.371. The summed E-state index contributed by atoms with van der Waals surface area (Å²) in [6, 6.07) is 0. The third-order valence-electron chi connectivity index (χ3n) is 8.70. The van der Waals surface area contributed by atoms with Gasteiger partial charge in [-0.05, 0) is 105 Å². The number of hydrogen-bond acceptors (Lipinski definition) is 2. The van der Waals surface area contributed by atoms with Crippen LogP contribution in [0.5, 0.6) is 0 Å². The maximum atomic E-state index is 9.36. The molecule has 140 valence electrons. The van der Waals surface area contributed by atoms with Crippen molar-refractivity contribution in [2.24, 2.45) is 46.2 Å². The summed E-state index contributed by atoms with van der Waals surface area (Å²) in [7, 11) is 0. The molecule has 0 aromatic rings. The zero-order chi connectivity index (χ0) is 17.4. The highest BCUT2D eigenvalue weighted by Crippen LogP contribution is 2.59. The van der Waals surface area contributed by atoms with E-state index in [0.717, 1.165) is 42.6 Å². The fourth-order valence-corrected chi connectivity index (χ4v) is 6.93. The fraction of sp³-hybridized carbons (Fsp3) is 1.00. The van der Waals surface area contributed by atoms with Gasteiger partial charge in [-0.25, -0.2) is 0 Å². The average molecular weight is 336 g/mol. The van der Waals surface area contributed by atoms with Gasteiger partial charge >= 0.3 is 0 Å². The average Bonchev–Trinajstić information content (AvgIpc) is 2.92. The van der Waals surface area contributed by atoms with E-state index in [1.165, 1.54) is 57.8 Å². The van der Waals surface area contributed by atoms with Crippen molar-refractivity contribution < 1.29 is 5.11 Å². The monoisotopic (exact) mass is 335 g/mol. The first kappa shape index (κ1) is 18.7. The third-order valence-corrected chi connectivity index (χ3v) is 8.70. The van der Waals surface area contributed by atoms with Gasteiger partial charge in [0.15, 0.2) is 0 Å². The Bertz CT molecular complexity index is 424. The Morgan fingerprint density at radius 1 is 1.00 bits per heavy atom. The molecule has 0 bridgehead atoms. The molecule has 3 N–H and O–H groups in total. The van der Waals surface area contributed by atoms with Crippen molar-refractivity contribution in [2.45, 2.75) is 85.0 Å². The number of aliphatic hydroxyl groups is 1. The van der Waals surface area contributed by atoms with E-state index in [0.29, 0.717) is 17.4 Å². The van der Waals surface area contributed by atoms with Gasteiger partial charge in [-0.1, -0.05) is 27.2 Å². The highest BCUT2D eigenvalue weighted by Gasteiger charge is 2.51. The van der Waals surface area contributed by atoms with Crippen LogP contribution in [0.3, 0.4) is 0 Å². The number of rotatable bonds is 5. The van der Waals surface area contributed by atoms with Crippen molar-refractivity contribution >= 4 is 0 Å². The molecule has 4 unspecified atom stereocenters. The SMILES string of the molecule is CC[C@]1(C)CC2CCC3C(CC[C@H](CCCO)C2C1)C[C@@]3(C)CN. The molecule has 0 radical (unpaired) electrons. The molecule has 0 saturated heterocycles. The van der Waals surface area contributed by atoms with Crippen LogP contribution in [-0.2, 0) is 0 Å². The molecule has 3 rings (SSSR count). The van der Waals surface area contributed by atoms with Crippen molar-refractivity contribution in [3.63, 3.8) is 0 Å². The van der Waals surface area contributed by atoms with Crippen molar-refractivity contribution in [1.82, 2.24) is 0 Å². The molecule has 0 aromatic carbocycles. The van der Waals surface area contributed by atoms with E-state index in [1.807, 2.05) is 0 Å². The first-order chi connectivity index (χ1) is 11.4. The number of nitrogens with two attached hydrogens (primary N) is 1. The maximum Gasteiger partial charge on any atom is 0.0431 e. The van der Waals surface area contributed by atoms with E-state index in [4.69, 9.17) is 5.73 Å². The van der Waals surface area contributed by atoms with Gasteiger partial charge in [0, 0.05) is 6.61 Å². The molecule has 0 amide bonds. The van der Waals surface area contributed by atoms with Crippen LogP contribution in [0, 0.1) is 40.4 Å². The first-order valence-electron chi connectivity index (χ1n) is 10.8. The number of fused-ring (bicyclic) bond motifs is 2. The Morgan fingerprint density at radius 2 is 1.75 bits per heavy atom. The smallest absolute Gasteiger partial charge is 0.0431 e. The minimum Gasteiger partial charge on any atom is -0.396 e. The lowest BCUT2D eigenvalue weighted by Crippen LogP contribution is -2.50. The second kappa shape index (κ2) is 7.27. The van der Waals surface area contributed by atoms with Crippen LogP contribution >= 0.6 is 0 Å². The van der Waals surface area contributed by atoms with Gasteiger partial charge in [-0.3, -0.25) is 0 Å². The molecule has 3 aliphatic carbocycles. The second-order valence-corrected chi connectivity index (χ2v) is 10.2. The van der Waals surface area contributed by atoms with E-state index >= 15 is 0 Å². The molecule has 0 spiro atoms. The molecule has 0 aromatic heterocycles. The van der Waals surface area contributed by atoms with Gasteiger partial charge in [0.05, 0.1) is 0 Å². The van der Waals surface area contributed by atoms with Crippen LogP contribution in [0.2, 0.25) is 0 Å².